The van der Waals surface area contributed by atoms with Gasteiger partial charge in [0.25, 0.3) is 0 Å². The Kier molecular flexibility index (Phi) is 3.76. The molecule has 0 aliphatic carbocycles. The lowest BCUT2D eigenvalue weighted by molar-refractivity contribution is 0.285. The van der Waals surface area contributed by atoms with Gasteiger partial charge in [-0.15, -0.1) is 0 Å². The summed E-state index contributed by atoms with van der Waals surface area (Å²) in [4.78, 5) is 0. The molecule has 1 aromatic heterocycles. The second-order valence-corrected chi connectivity index (χ2v) is 2.68. The first-order valence-electron chi connectivity index (χ1n) is 4.06. The molecule has 0 radical (unpaired) electrons. The Morgan fingerprint density at radius 3 is 3.08 bits per heavy atom. The van der Waals surface area contributed by atoms with E-state index in [0.29, 0.717) is 6.54 Å². The Balaban J connectivity index is 2.15. The van der Waals surface area contributed by atoms with Crippen LogP contribution in [0.5, 0.6) is 0 Å². The predicted molar refractivity (Wildman–Crippen MR) is 44.6 cm³/mol. The Hall–Kier alpha value is -0.870. The maximum absolute atomic E-state index is 8.49. The molecule has 0 saturated carbocycles. The van der Waals surface area contributed by atoms with Crippen molar-refractivity contribution in [2.24, 2.45) is 0 Å². The zero-order valence-electron chi connectivity index (χ0n) is 7.21. The molecular weight excluding hydrogens is 156 g/mol. The fourth-order valence-corrected chi connectivity index (χ4v) is 0.922. The summed E-state index contributed by atoms with van der Waals surface area (Å²) >= 11 is 0. The minimum absolute atomic E-state index is 0.227. The molecule has 4 nitrogen and oxygen atoms in total. The predicted octanol–water partition coefficient (Wildman–Crippen LogP) is 0.455. The van der Waals surface area contributed by atoms with Crippen molar-refractivity contribution >= 4 is 0 Å². The number of nitrogens with one attached hydrogen (secondary N) is 1. The van der Waals surface area contributed by atoms with Gasteiger partial charge in [-0.1, -0.05) is 5.16 Å². The average molecular weight is 170 g/mol. The third-order valence-corrected chi connectivity index (χ3v) is 1.49. The lowest BCUT2D eigenvalue weighted by Gasteiger charge is -1.98. The van der Waals surface area contributed by atoms with Crippen LogP contribution >= 0.6 is 0 Å². The van der Waals surface area contributed by atoms with Crippen molar-refractivity contribution in [1.82, 2.24) is 10.5 Å². The largest absolute Gasteiger partial charge is 0.396 e. The molecule has 0 saturated heterocycles. The first-order valence-corrected chi connectivity index (χ1v) is 4.06. The van der Waals surface area contributed by atoms with Gasteiger partial charge in [0.1, 0.15) is 5.76 Å². The summed E-state index contributed by atoms with van der Waals surface area (Å²) in [5, 5.41) is 15.4. The van der Waals surface area contributed by atoms with Gasteiger partial charge in [-0.05, 0) is 19.9 Å². The second-order valence-electron chi connectivity index (χ2n) is 2.68. The van der Waals surface area contributed by atoms with Gasteiger partial charge in [0, 0.05) is 19.2 Å². The van der Waals surface area contributed by atoms with Crippen LogP contribution in [0, 0.1) is 6.92 Å². The molecule has 68 valence electrons. The van der Waals surface area contributed by atoms with E-state index < -0.39 is 0 Å². The number of aliphatic hydroxyl groups is 1. The van der Waals surface area contributed by atoms with Crippen LogP contribution in [-0.2, 0) is 6.54 Å². The zero-order chi connectivity index (χ0) is 8.81. The van der Waals surface area contributed by atoms with E-state index >= 15 is 0 Å². The summed E-state index contributed by atoms with van der Waals surface area (Å²) in [6, 6.07) is 1.89. The monoisotopic (exact) mass is 170 g/mol. The van der Waals surface area contributed by atoms with Crippen LogP contribution in [0.2, 0.25) is 0 Å². The third-order valence-electron chi connectivity index (χ3n) is 1.49. The van der Waals surface area contributed by atoms with Crippen LogP contribution in [0.15, 0.2) is 10.6 Å². The number of aromatic nitrogens is 1. The molecule has 0 aliphatic heterocycles. The number of hydrogen-bond donors (Lipinski definition) is 2. The molecule has 1 heterocycles. The van der Waals surface area contributed by atoms with E-state index in [9.17, 15) is 0 Å². The number of hydrogen-bond acceptors (Lipinski definition) is 4. The highest BCUT2D eigenvalue weighted by Crippen LogP contribution is 2.00. The normalized spacial score (nSPS) is 10.5. The van der Waals surface area contributed by atoms with Gasteiger partial charge in [0.15, 0.2) is 0 Å². The van der Waals surface area contributed by atoms with E-state index in [-0.39, 0.29) is 6.61 Å². The van der Waals surface area contributed by atoms with Gasteiger partial charge in [0.2, 0.25) is 0 Å². The van der Waals surface area contributed by atoms with Gasteiger partial charge in [-0.25, -0.2) is 0 Å². The molecular formula is C8H14N2O2. The fourth-order valence-electron chi connectivity index (χ4n) is 0.922. The van der Waals surface area contributed by atoms with E-state index in [4.69, 9.17) is 9.63 Å². The molecule has 0 atom stereocenters. The highest BCUT2D eigenvalue weighted by atomic mass is 16.5. The van der Waals surface area contributed by atoms with Crippen LogP contribution in [0.1, 0.15) is 17.9 Å². The number of aryl methyl sites for hydroxylation is 1. The molecule has 0 aliphatic rings. The molecule has 0 aromatic carbocycles. The van der Waals surface area contributed by atoms with Gasteiger partial charge >= 0.3 is 0 Å². The van der Waals surface area contributed by atoms with Crippen LogP contribution in [-0.4, -0.2) is 23.4 Å². The van der Waals surface area contributed by atoms with E-state index in [1.54, 1.807) is 0 Å². The summed E-state index contributed by atoms with van der Waals surface area (Å²) in [7, 11) is 0. The maximum atomic E-state index is 8.49. The van der Waals surface area contributed by atoms with Crippen LogP contribution in [0.4, 0.5) is 0 Å². The lowest BCUT2D eigenvalue weighted by Crippen LogP contribution is -2.15. The number of rotatable bonds is 5. The molecule has 0 unspecified atom stereocenters. The van der Waals surface area contributed by atoms with Gasteiger partial charge < -0.3 is 14.9 Å². The van der Waals surface area contributed by atoms with E-state index in [1.807, 2.05) is 13.0 Å². The van der Waals surface area contributed by atoms with Crippen LogP contribution in [0.3, 0.4) is 0 Å². The molecule has 2 N–H and O–H groups in total. The molecule has 4 heteroatoms. The van der Waals surface area contributed by atoms with Crippen molar-refractivity contribution in [3.63, 3.8) is 0 Å². The second kappa shape index (κ2) is 4.90. The molecule has 1 aromatic rings. The van der Waals surface area contributed by atoms with Crippen molar-refractivity contribution in [3.8, 4) is 0 Å². The van der Waals surface area contributed by atoms with E-state index in [1.165, 1.54) is 0 Å². The topological polar surface area (TPSA) is 58.3 Å². The highest BCUT2D eigenvalue weighted by Gasteiger charge is 1.97. The average Bonchev–Trinajstić information content (AvgIpc) is 2.45. The third kappa shape index (κ3) is 3.02. The first-order chi connectivity index (χ1) is 5.83. The Bertz CT molecular complexity index is 223. The molecule has 1 rings (SSSR count). The first kappa shape index (κ1) is 9.22. The number of nitrogens with zero attached hydrogens (tertiary/aromatic N) is 1. The standard InChI is InChI=1S/C8H14N2O2/c1-7-5-8(10-12-7)6-9-3-2-4-11/h5,9,11H,2-4,6H2,1H3. The Labute approximate surface area is 71.6 Å². The van der Waals surface area contributed by atoms with E-state index in [2.05, 4.69) is 10.5 Å². The maximum Gasteiger partial charge on any atom is 0.133 e. The SMILES string of the molecule is Cc1cc(CNCCCO)no1. The Morgan fingerprint density at radius 2 is 2.50 bits per heavy atom. The van der Waals surface area contributed by atoms with Crippen molar-refractivity contribution < 1.29 is 9.63 Å². The van der Waals surface area contributed by atoms with Crippen molar-refractivity contribution in [1.29, 1.82) is 0 Å². The van der Waals surface area contributed by atoms with Crippen molar-refractivity contribution in [3.05, 3.63) is 17.5 Å². The Morgan fingerprint density at radius 1 is 1.67 bits per heavy atom. The van der Waals surface area contributed by atoms with Gasteiger partial charge in [-0.2, -0.15) is 0 Å². The minimum atomic E-state index is 0.227. The van der Waals surface area contributed by atoms with Gasteiger partial charge in [0.05, 0.1) is 5.69 Å². The zero-order valence-corrected chi connectivity index (χ0v) is 7.21. The summed E-state index contributed by atoms with van der Waals surface area (Å²) < 4.78 is 4.88. The quantitative estimate of drug-likeness (QED) is 0.630. The molecule has 0 bridgehead atoms. The fraction of sp³-hybridized carbons (Fsp3) is 0.625. The lowest BCUT2D eigenvalue weighted by atomic mass is 10.3. The summed E-state index contributed by atoms with van der Waals surface area (Å²) in [6.45, 7) is 3.61. The smallest absolute Gasteiger partial charge is 0.133 e. The number of aliphatic hydroxyl groups excluding tert-OH is 1. The highest BCUT2D eigenvalue weighted by molar-refractivity contribution is 5.02. The summed E-state index contributed by atoms with van der Waals surface area (Å²) in [6.07, 6.45) is 0.775. The molecule has 12 heavy (non-hydrogen) atoms. The van der Waals surface area contributed by atoms with Gasteiger partial charge in [-0.3, -0.25) is 0 Å². The molecule has 0 amide bonds. The molecule has 0 spiro atoms. The van der Waals surface area contributed by atoms with Crippen LogP contribution < -0.4 is 5.32 Å². The molecule has 0 fully saturated rings. The van der Waals surface area contributed by atoms with Crippen molar-refractivity contribution in [2.75, 3.05) is 13.2 Å². The minimum Gasteiger partial charge on any atom is -0.396 e. The summed E-state index contributed by atoms with van der Waals surface area (Å²) in [5.74, 6) is 0.828. The van der Waals surface area contributed by atoms with E-state index in [0.717, 1.165) is 24.4 Å². The van der Waals surface area contributed by atoms with Crippen LogP contribution in [0.25, 0.3) is 0 Å². The summed E-state index contributed by atoms with van der Waals surface area (Å²) in [5.41, 5.74) is 0.908. The van der Waals surface area contributed by atoms with Crippen molar-refractivity contribution in [2.45, 2.75) is 19.9 Å².